The van der Waals surface area contributed by atoms with E-state index in [9.17, 15) is 0 Å². The predicted octanol–water partition coefficient (Wildman–Crippen LogP) is 0.979. The van der Waals surface area contributed by atoms with E-state index < -0.39 is 0 Å². The van der Waals surface area contributed by atoms with Gasteiger partial charge < -0.3 is 29.4 Å². The molecule has 0 N–H and O–H groups in total. The molecule has 0 atom stereocenters. The molecule has 8 heteroatoms. The van der Waals surface area contributed by atoms with Crippen molar-refractivity contribution in [3.8, 4) is 0 Å². The summed E-state index contributed by atoms with van der Waals surface area (Å²) >= 11 is 0. The van der Waals surface area contributed by atoms with E-state index in [0.717, 1.165) is 70.5 Å². The van der Waals surface area contributed by atoms with E-state index in [1.807, 2.05) is 38.0 Å². The Labute approximate surface area is 180 Å². The van der Waals surface area contributed by atoms with Gasteiger partial charge in [-0.05, 0) is 81.2 Å². The van der Waals surface area contributed by atoms with Crippen molar-refractivity contribution in [1.29, 1.82) is 0 Å². The number of aliphatic imine (C=N–C) groups is 2. The van der Waals surface area contributed by atoms with Crippen LogP contribution in [0.3, 0.4) is 0 Å². The Bertz CT molecular complexity index is 445. The fraction of sp³-hybridized carbons (Fsp3) is 0.905. The fourth-order valence-corrected chi connectivity index (χ4v) is 2.93. The van der Waals surface area contributed by atoms with Gasteiger partial charge >= 0.3 is 0 Å². The van der Waals surface area contributed by atoms with Gasteiger partial charge in [0.05, 0.1) is 0 Å². The average Bonchev–Trinajstić information content (AvgIpc) is 2.58. The van der Waals surface area contributed by atoms with E-state index >= 15 is 0 Å². The maximum absolute atomic E-state index is 4.99. The molecule has 0 fully saturated rings. The van der Waals surface area contributed by atoms with Gasteiger partial charge in [0.1, 0.15) is 0 Å². The summed E-state index contributed by atoms with van der Waals surface area (Å²) < 4.78 is 0. The normalized spacial score (nSPS) is 12.1. The van der Waals surface area contributed by atoms with E-state index in [1.54, 1.807) is 0 Å². The second-order valence-electron chi connectivity index (χ2n) is 8.84. The lowest BCUT2D eigenvalue weighted by Gasteiger charge is -2.28. The molecule has 0 rings (SSSR count). The minimum absolute atomic E-state index is 0.795. The Morgan fingerprint density at radius 2 is 0.966 bits per heavy atom. The van der Waals surface area contributed by atoms with Crippen molar-refractivity contribution in [2.75, 3.05) is 110 Å². The van der Waals surface area contributed by atoms with Crippen molar-refractivity contribution in [2.45, 2.75) is 19.3 Å². The molecule has 0 aliphatic carbocycles. The average molecular weight is 413 g/mol. The lowest BCUT2D eigenvalue weighted by Crippen LogP contribution is -2.40. The largest absolute Gasteiger partial charge is 0.349 e. The van der Waals surface area contributed by atoms with Gasteiger partial charge in [-0.2, -0.15) is 4.99 Å². The van der Waals surface area contributed by atoms with Crippen molar-refractivity contribution in [3.63, 3.8) is 0 Å². The molecular formula is C21H48N8. The SMILES string of the molecule is CN(C)CCCN=C(N=C(N(C)C)N(C)C)N(CCCN(C)C)CCCN(C)C. The molecule has 8 nitrogen and oxygen atoms in total. The molecule has 0 saturated carbocycles. The molecule has 0 unspecified atom stereocenters. The van der Waals surface area contributed by atoms with Crippen LogP contribution in [-0.4, -0.2) is 151 Å². The van der Waals surface area contributed by atoms with E-state index in [4.69, 9.17) is 9.98 Å². The van der Waals surface area contributed by atoms with Crippen LogP contribution >= 0.6 is 0 Å². The molecule has 0 aliphatic rings. The molecular weight excluding hydrogens is 364 g/mol. The third kappa shape index (κ3) is 14.3. The van der Waals surface area contributed by atoms with Crippen LogP contribution in [0, 0.1) is 0 Å². The van der Waals surface area contributed by atoms with Crippen molar-refractivity contribution >= 4 is 11.9 Å². The summed E-state index contributed by atoms with van der Waals surface area (Å²) in [6, 6.07) is 0. The molecule has 0 spiro atoms. The zero-order valence-electron chi connectivity index (χ0n) is 20.9. The standard InChI is InChI=1S/C21H48N8/c1-24(2)15-11-14-22-20(23-21(27(7)8)28(9)10)29(18-12-16-25(3)4)19-13-17-26(5)6/h11-19H2,1-10H3. The van der Waals surface area contributed by atoms with Crippen molar-refractivity contribution < 1.29 is 0 Å². The molecule has 0 aliphatic heterocycles. The van der Waals surface area contributed by atoms with Crippen molar-refractivity contribution in [1.82, 2.24) is 29.4 Å². The summed E-state index contributed by atoms with van der Waals surface area (Å²) in [4.78, 5) is 23.1. The highest BCUT2D eigenvalue weighted by Gasteiger charge is 2.14. The Morgan fingerprint density at radius 1 is 0.552 bits per heavy atom. The fourth-order valence-electron chi connectivity index (χ4n) is 2.93. The van der Waals surface area contributed by atoms with Crippen LogP contribution in [0.4, 0.5) is 0 Å². The summed E-state index contributed by atoms with van der Waals surface area (Å²) in [5, 5.41) is 0. The number of hydrogen-bond donors (Lipinski definition) is 0. The molecule has 0 heterocycles. The summed E-state index contributed by atoms with van der Waals surface area (Å²) in [7, 11) is 20.8. The Morgan fingerprint density at radius 3 is 1.34 bits per heavy atom. The minimum atomic E-state index is 0.795. The maximum Gasteiger partial charge on any atom is 0.223 e. The quantitative estimate of drug-likeness (QED) is 0.270. The summed E-state index contributed by atoms with van der Waals surface area (Å²) in [5.41, 5.74) is 0. The predicted molar refractivity (Wildman–Crippen MR) is 128 cm³/mol. The Balaban J connectivity index is 5.56. The first kappa shape index (κ1) is 27.6. The molecule has 0 aromatic carbocycles. The van der Waals surface area contributed by atoms with Gasteiger partial charge in [0, 0.05) is 47.8 Å². The Hall–Kier alpha value is -1.38. The first-order valence-electron chi connectivity index (χ1n) is 10.7. The zero-order chi connectivity index (χ0) is 22.4. The van der Waals surface area contributed by atoms with Crippen LogP contribution < -0.4 is 0 Å². The second kappa shape index (κ2) is 15.5. The van der Waals surface area contributed by atoms with Crippen LogP contribution in [-0.2, 0) is 0 Å². The van der Waals surface area contributed by atoms with E-state index in [1.165, 1.54) is 0 Å². The summed E-state index contributed by atoms with van der Waals surface area (Å²) in [5.74, 6) is 1.78. The lowest BCUT2D eigenvalue weighted by molar-refractivity contribution is 0.320. The van der Waals surface area contributed by atoms with Gasteiger partial charge in [0.2, 0.25) is 11.9 Å². The maximum atomic E-state index is 4.99. The first-order chi connectivity index (χ1) is 13.5. The van der Waals surface area contributed by atoms with E-state index in [-0.39, 0.29) is 0 Å². The number of nitrogens with zero attached hydrogens (tertiary/aromatic N) is 8. The van der Waals surface area contributed by atoms with Crippen LogP contribution in [0.2, 0.25) is 0 Å². The zero-order valence-corrected chi connectivity index (χ0v) is 20.9. The van der Waals surface area contributed by atoms with Crippen molar-refractivity contribution in [2.24, 2.45) is 9.98 Å². The molecule has 0 aromatic heterocycles. The number of rotatable bonds is 12. The van der Waals surface area contributed by atoms with Gasteiger partial charge in [-0.25, -0.2) is 0 Å². The molecule has 0 amide bonds. The summed E-state index contributed by atoms with van der Waals surface area (Å²) in [6.45, 7) is 5.90. The molecule has 0 aromatic rings. The third-order valence-corrected chi connectivity index (χ3v) is 4.37. The van der Waals surface area contributed by atoms with Crippen molar-refractivity contribution in [3.05, 3.63) is 0 Å². The second-order valence-corrected chi connectivity index (χ2v) is 8.84. The minimum Gasteiger partial charge on any atom is -0.349 e. The van der Waals surface area contributed by atoms with Crippen LogP contribution in [0.5, 0.6) is 0 Å². The highest BCUT2D eigenvalue weighted by Crippen LogP contribution is 2.04. The smallest absolute Gasteiger partial charge is 0.223 e. The van der Waals surface area contributed by atoms with Crippen LogP contribution in [0.15, 0.2) is 9.98 Å². The third-order valence-electron chi connectivity index (χ3n) is 4.37. The monoisotopic (exact) mass is 412 g/mol. The summed E-state index contributed by atoms with van der Waals surface area (Å²) in [6.07, 6.45) is 3.23. The molecule has 0 saturated heterocycles. The Kier molecular flexibility index (Phi) is 14.7. The van der Waals surface area contributed by atoms with Crippen LogP contribution in [0.25, 0.3) is 0 Å². The first-order valence-corrected chi connectivity index (χ1v) is 10.7. The molecule has 29 heavy (non-hydrogen) atoms. The number of guanidine groups is 2. The topological polar surface area (TPSA) is 44.2 Å². The lowest BCUT2D eigenvalue weighted by atomic mass is 10.3. The van der Waals surface area contributed by atoms with Gasteiger partial charge in [-0.1, -0.05) is 0 Å². The number of hydrogen-bond acceptors (Lipinski definition) is 4. The highest BCUT2D eigenvalue weighted by molar-refractivity contribution is 5.94. The van der Waals surface area contributed by atoms with Gasteiger partial charge in [0.15, 0.2) is 0 Å². The molecule has 0 radical (unpaired) electrons. The van der Waals surface area contributed by atoms with Gasteiger partial charge in [0.25, 0.3) is 0 Å². The highest BCUT2D eigenvalue weighted by atomic mass is 15.4. The molecule has 172 valence electrons. The molecule has 0 bridgehead atoms. The van der Waals surface area contributed by atoms with Gasteiger partial charge in [-0.15, -0.1) is 0 Å². The van der Waals surface area contributed by atoms with E-state index in [0.29, 0.717) is 0 Å². The van der Waals surface area contributed by atoms with E-state index in [2.05, 4.69) is 61.9 Å². The van der Waals surface area contributed by atoms with Gasteiger partial charge in [-0.3, -0.25) is 4.99 Å². The van der Waals surface area contributed by atoms with Crippen LogP contribution in [0.1, 0.15) is 19.3 Å².